The number of ether oxygens (including phenoxy) is 1. The smallest absolute Gasteiger partial charge is 0.119 e. The van der Waals surface area contributed by atoms with E-state index in [4.69, 9.17) is 10.5 Å². The lowest BCUT2D eigenvalue weighted by atomic mass is 9.96. The molecule has 82 valence electrons. The Morgan fingerprint density at radius 3 is 3.13 bits per heavy atom. The number of hydrogen-bond acceptors (Lipinski definition) is 3. The van der Waals surface area contributed by atoms with Crippen molar-refractivity contribution in [3.63, 3.8) is 0 Å². The first-order valence-electron chi connectivity index (χ1n) is 5.47. The molecule has 0 spiro atoms. The Morgan fingerprint density at radius 1 is 1.53 bits per heavy atom. The lowest BCUT2D eigenvalue weighted by Crippen LogP contribution is -2.06. The molecule has 0 aromatic heterocycles. The highest BCUT2D eigenvalue weighted by molar-refractivity contribution is 5.60. The predicted molar refractivity (Wildman–Crippen MR) is 62.5 cm³/mol. The van der Waals surface area contributed by atoms with Crippen molar-refractivity contribution in [3.8, 4) is 5.75 Å². The summed E-state index contributed by atoms with van der Waals surface area (Å²) in [5.74, 6) is 1.54. The molecule has 1 aromatic rings. The molecule has 0 bridgehead atoms. The Kier molecular flexibility index (Phi) is 3.11. The van der Waals surface area contributed by atoms with Crippen molar-refractivity contribution in [2.45, 2.75) is 18.8 Å². The average molecular weight is 206 g/mol. The van der Waals surface area contributed by atoms with E-state index >= 15 is 0 Å². The highest BCUT2D eigenvalue weighted by Gasteiger charge is 2.21. The van der Waals surface area contributed by atoms with Crippen molar-refractivity contribution < 1.29 is 4.74 Å². The third kappa shape index (κ3) is 2.07. The van der Waals surface area contributed by atoms with Gasteiger partial charge in [-0.2, -0.15) is 0 Å². The minimum absolute atomic E-state index is 0.596. The molecule has 1 heterocycles. The van der Waals surface area contributed by atoms with Crippen LogP contribution in [0.25, 0.3) is 0 Å². The topological polar surface area (TPSA) is 47.3 Å². The quantitative estimate of drug-likeness (QED) is 0.791. The maximum absolute atomic E-state index is 5.54. The van der Waals surface area contributed by atoms with Gasteiger partial charge in [0, 0.05) is 18.2 Å². The second-order valence-corrected chi connectivity index (χ2v) is 3.96. The summed E-state index contributed by atoms with van der Waals surface area (Å²) in [6, 6.07) is 6.23. The van der Waals surface area contributed by atoms with E-state index in [2.05, 4.69) is 17.4 Å². The van der Waals surface area contributed by atoms with Crippen LogP contribution < -0.4 is 15.8 Å². The van der Waals surface area contributed by atoms with Crippen LogP contribution in [0.4, 0.5) is 5.69 Å². The van der Waals surface area contributed by atoms with Gasteiger partial charge < -0.3 is 15.8 Å². The molecule has 0 radical (unpaired) electrons. The van der Waals surface area contributed by atoms with Gasteiger partial charge in [-0.3, -0.25) is 0 Å². The van der Waals surface area contributed by atoms with Crippen LogP contribution in [0, 0.1) is 0 Å². The van der Waals surface area contributed by atoms with Crippen LogP contribution in [0.15, 0.2) is 18.2 Å². The highest BCUT2D eigenvalue weighted by atomic mass is 16.5. The molecule has 3 nitrogen and oxygen atoms in total. The average Bonchev–Trinajstić information content (AvgIpc) is 2.68. The van der Waals surface area contributed by atoms with Crippen molar-refractivity contribution in [2.75, 3.05) is 25.5 Å². The van der Waals surface area contributed by atoms with Gasteiger partial charge in [-0.25, -0.2) is 0 Å². The normalized spacial score (nSPS) is 18.4. The summed E-state index contributed by atoms with van der Waals surface area (Å²) >= 11 is 0. The zero-order valence-electron chi connectivity index (χ0n) is 9.12. The number of hydrogen-bond donors (Lipinski definition) is 2. The number of methoxy groups -OCH3 is 1. The summed E-state index contributed by atoms with van der Waals surface area (Å²) in [5.41, 5.74) is 8.16. The summed E-state index contributed by atoms with van der Waals surface area (Å²) in [7, 11) is 1.71. The molecule has 0 saturated heterocycles. The van der Waals surface area contributed by atoms with E-state index in [1.54, 1.807) is 7.11 Å². The van der Waals surface area contributed by atoms with Crippen LogP contribution in [0.1, 0.15) is 24.3 Å². The standard InChI is InChI=1S/C12H18N2O/c1-15-10-4-5-12-11(7-10)9(8-14-12)3-2-6-13/h4-5,7,9,14H,2-3,6,8,13H2,1H3. The van der Waals surface area contributed by atoms with Crippen molar-refractivity contribution in [1.29, 1.82) is 0 Å². The monoisotopic (exact) mass is 206 g/mol. The van der Waals surface area contributed by atoms with Crippen LogP contribution in [0.5, 0.6) is 5.75 Å². The third-order valence-corrected chi connectivity index (χ3v) is 2.99. The molecule has 2 rings (SSSR count). The Balaban J connectivity index is 2.16. The largest absolute Gasteiger partial charge is 0.497 e. The summed E-state index contributed by atoms with van der Waals surface area (Å²) in [6.07, 6.45) is 2.24. The van der Waals surface area contributed by atoms with Gasteiger partial charge in [-0.05, 0) is 43.1 Å². The molecule has 1 aromatic carbocycles. The molecule has 15 heavy (non-hydrogen) atoms. The molecule has 1 atom stereocenters. The second kappa shape index (κ2) is 4.53. The van der Waals surface area contributed by atoms with E-state index in [-0.39, 0.29) is 0 Å². The molecule has 0 amide bonds. The lowest BCUT2D eigenvalue weighted by Gasteiger charge is -2.10. The summed E-state index contributed by atoms with van der Waals surface area (Å²) in [4.78, 5) is 0. The second-order valence-electron chi connectivity index (χ2n) is 3.96. The lowest BCUT2D eigenvalue weighted by molar-refractivity contribution is 0.414. The van der Waals surface area contributed by atoms with Gasteiger partial charge in [0.1, 0.15) is 5.75 Å². The van der Waals surface area contributed by atoms with Gasteiger partial charge in [0.25, 0.3) is 0 Å². The number of rotatable bonds is 4. The van der Waals surface area contributed by atoms with Crippen LogP contribution in [0.2, 0.25) is 0 Å². The third-order valence-electron chi connectivity index (χ3n) is 2.99. The highest BCUT2D eigenvalue weighted by Crippen LogP contribution is 2.36. The van der Waals surface area contributed by atoms with Crippen molar-refractivity contribution >= 4 is 5.69 Å². The SMILES string of the molecule is COc1ccc2c(c1)C(CCCN)CN2. The molecule has 1 aliphatic rings. The van der Waals surface area contributed by atoms with E-state index in [9.17, 15) is 0 Å². The van der Waals surface area contributed by atoms with Crippen molar-refractivity contribution in [3.05, 3.63) is 23.8 Å². The Morgan fingerprint density at radius 2 is 2.40 bits per heavy atom. The first kappa shape index (κ1) is 10.3. The van der Waals surface area contributed by atoms with Crippen LogP contribution >= 0.6 is 0 Å². The van der Waals surface area contributed by atoms with Gasteiger partial charge in [-0.1, -0.05) is 0 Å². The molecule has 0 fully saturated rings. The summed E-state index contributed by atoms with van der Waals surface area (Å²) in [6.45, 7) is 1.80. The number of nitrogens with one attached hydrogen (secondary N) is 1. The molecule has 0 saturated carbocycles. The zero-order valence-corrected chi connectivity index (χ0v) is 9.12. The van der Waals surface area contributed by atoms with Crippen molar-refractivity contribution in [1.82, 2.24) is 0 Å². The summed E-state index contributed by atoms with van der Waals surface area (Å²) in [5, 5.41) is 3.41. The van der Waals surface area contributed by atoms with Crippen LogP contribution in [0.3, 0.4) is 0 Å². The van der Waals surface area contributed by atoms with Crippen LogP contribution in [-0.4, -0.2) is 20.2 Å². The molecule has 3 N–H and O–H groups in total. The summed E-state index contributed by atoms with van der Waals surface area (Å²) < 4.78 is 5.24. The first-order valence-corrected chi connectivity index (χ1v) is 5.47. The number of anilines is 1. The van der Waals surface area contributed by atoms with Gasteiger partial charge >= 0.3 is 0 Å². The first-order chi connectivity index (χ1) is 7.35. The molecule has 1 aliphatic heterocycles. The maximum atomic E-state index is 5.54. The van der Waals surface area contributed by atoms with Crippen molar-refractivity contribution in [2.24, 2.45) is 5.73 Å². The van der Waals surface area contributed by atoms with E-state index < -0.39 is 0 Å². The maximum Gasteiger partial charge on any atom is 0.119 e. The fourth-order valence-electron chi connectivity index (χ4n) is 2.13. The molecular formula is C12H18N2O. The Hall–Kier alpha value is -1.22. The molecule has 0 aliphatic carbocycles. The van der Waals surface area contributed by atoms with Gasteiger partial charge in [0.2, 0.25) is 0 Å². The number of benzene rings is 1. The van der Waals surface area contributed by atoms with E-state index in [0.717, 1.165) is 31.7 Å². The molecular weight excluding hydrogens is 188 g/mol. The van der Waals surface area contributed by atoms with Gasteiger partial charge in [0.15, 0.2) is 0 Å². The molecule has 3 heteroatoms. The predicted octanol–water partition coefficient (Wildman–Crippen LogP) is 1.94. The number of fused-ring (bicyclic) bond motifs is 1. The zero-order chi connectivity index (χ0) is 10.7. The van der Waals surface area contributed by atoms with E-state index in [0.29, 0.717) is 5.92 Å². The minimum Gasteiger partial charge on any atom is -0.497 e. The van der Waals surface area contributed by atoms with Gasteiger partial charge in [0.05, 0.1) is 7.11 Å². The number of nitrogens with two attached hydrogens (primary N) is 1. The van der Waals surface area contributed by atoms with Crippen LogP contribution in [-0.2, 0) is 0 Å². The minimum atomic E-state index is 0.596. The fourth-order valence-corrected chi connectivity index (χ4v) is 2.13. The Labute approximate surface area is 90.6 Å². The molecule has 1 unspecified atom stereocenters. The Bertz CT molecular complexity index is 338. The fraction of sp³-hybridized carbons (Fsp3) is 0.500. The van der Waals surface area contributed by atoms with E-state index in [1.165, 1.54) is 11.3 Å². The van der Waals surface area contributed by atoms with Gasteiger partial charge in [-0.15, -0.1) is 0 Å². The van der Waals surface area contributed by atoms with E-state index in [1.807, 2.05) is 6.07 Å².